The second-order valence-corrected chi connectivity index (χ2v) is 11.8. The normalized spacial score (nSPS) is 14.1. The van der Waals surface area contributed by atoms with E-state index in [0.717, 1.165) is 40.8 Å². The lowest BCUT2D eigenvalue weighted by atomic mass is 9.91. The van der Waals surface area contributed by atoms with Gasteiger partial charge in [0.25, 0.3) is 0 Å². The van der Waals surface area contributed by atoms with Crippen molar-refractivity contribution >= 4 is 32.9 Å². The molecule has 1 aliphatic heterocycles. The van der Waals surface area contributed by atoms with Crippen LogP contribution in [0.5, 0.6) is 0 Å². The molecule has 2 heteroatoms. The van der Waals surface area contributed by atoms with Crippen LogP contribution in [0.2, 0.25) is 0 Å². The van der Waals surface area contributed by atoms with Crippen LogP contribution in [0.4, 0.5) is 0 Å². The standard InChI is InChI=1S/C40H41NS.C2H6/c1-7-12-18-32(11-5)38-28-37(31(10-4)17-8-2)29-39(30-38)35-21-15-19-33(26-35)34-20-16-22-36(27-34)40-23-13-14-24-41(40)42(6)25-9-3;1-2/h7-8,10-23,25-30H,1-2,4,9,24H2,3,5-6H3;1-2H3/b18-12-,31-17+,32-11+;. The maximum atomic E-state index is 4.06. The summed E-state index contributed by atoms with van der Waals surface area (Å²) < 4.78 is 2.50. The number of rotatable bonds is 11. The molecule has 1 atom stereocenters. The van der Waals surface area contributed by atoms with Gasteiger partial charge in [0.1, 0.15) is 0 Å². The largest absolute Gasteiger partial charge is 0.318 e. The molecule has 226 valence electrons. The molecule has 3 aromatic carbocycles. The molecule has 0 aromatic heterocycles. The third-order valence-corrected chi connectivity index (χ3v) is 9.07. The van der Waals surface area contributed by atoms with Gasteiger partial charge < -0.3 is 4.31 Å². The van der Waals surface area contributed by atoms with Crippen LogP contribution in [0, 0.1) is 0 Å². The molecule has 1 unspecified atom stereocenters. The Morgan fingerprint density at radius 1 is 0.818 bits per heavy atom. The SMILES string of the molecule is C=C/C=C\C(=C/C)c1cc(/C(C=C)=C/C=C)cc(-c2cccc(-c3cccc(C4=CC=CCN4/S(C)=C/CC)c3)c2)c1.CC. The van der Waals surface area contributed by atoms with E-state index in [1.165, 1.54) is 28.0 Å². The van der Waals surface area contributed by atoms with E-state index in [0.29, 0.717) is 0 Å². The first-order valence-corrected chi connectivity index (χ1v) is 17.1. The van der Waals surface area contributed by atoms with Crippen LogP contribution in [0.15, 0.2) is 147 Å². The van der Waals surface area contributed by atoms with E-state index in [2.05, 4.69) is 147 Å². The minimum Gasteiger partial charge on any atom is -0.318 e. The van der Waals surface area contributed by atoms with E-state index < -0.39 is 0 Å². The summed E-state index contributed by atoms with van der Waals surface area (Å²) in [5.41, 5.74) is 11.7. The van der Waals surface area contributed by atoms with Gasteiger partial charge in [-0.2, -0.15) is 0 Å². The molecule has 1 aliphatic rings. The Hall–Kier alpha value is -4.40. The minimum atomic E-state index is 0.0712. The van der Waals surface area contributed by atoms with Crippen molar-refractivity contribution in [2.45, 2.75) is 34.1 Å². The fourth-order valence-electron chi connectivity index (χ4n) is 5.15. The van der Waals surface area contributed by atoms with Crippen LogP contribution in [-0.4, -0.2) is 22.5 Å². The zero-order valence-electron chi connectivity index (χ0n) is 27.1. The first-order valence-electron chi connectivity index (χ1n) is 15.4. The Kier molecular flexibility index (Phi) is 13.7. The summed E-state index contributed by atoms with van der Waals surface area (Å²) in [4.78, 5) is 0. The fourth-order valence-corrected chi connectivity index (χ4v) is 6.61. The van der Waals surface area contributed by atoms with Gasteiger partial charge in [-0.3, -0.25) is 0 Å². The Morgan fingerprint density at radius 3 is 2.02 bits per heavy atom. The molecule has 0 N–H and O–H groups in total. The third kappa shape index (κ3) is 8.58. The molecule has 0 aliphatic carbocycles. The molecule has 1 heterocycles. The molecule has 0 amide bonds. The van der Waals surface area contributed by atoms with Crippen molar-refractivity contribution in [2.75, 3.05) is 12.8 Å². The Morgan fingerprint density at radius 2 is 1.43 bits per heavy atom. The summed E-state index contributed by atoms with van der Waals surface area (Å²) in [6.45, 7) is 21.0. The molecule has 1 nitrogen and oxygen atoms in total. The van der Waals surface area contributed by atoms with Gasteiger partial charge in [-0.05, 0) is 111 Å². The highest BCUT2D eigenvalue weighted by Crippen LogP contribution is 2.35. The number of hydrogen-bond acceptors (Lipinski definition) is 1. The van der Waals surface area contributed by atoms with E-state index in [-0.39, 0.29) is 10.7 Å². The van der Waals surface area contributed by atoms with Crippen molar-refractivity contribution in [1.29, 1.82) is 0 Å². The maximum absolute atomic E-state index is 4.06. The van der Waals surface area contributed by atoms with E-state index in [1.54, 1.807) is 6.08 Å². The van der Waals surface area contributed by atoms with Crippen LogP contribution < -0.4 is 0 Å². The van der Waals surface area contributed by atoms with Gasteiger partial charge in [-0.15, -0.1) is 10.7 Å². The molecule has 0 saturated heterocycles. The van der Waals surface area contributed by atoms with Gasteiger partial charge in [-0.1, -0.05) is 132 Å². The predicted octanol–water partition coefficient (Wildman–Crippen LogP) is 12.2. The maximum Gasteiger partial charge on any atom is 0.0540 e. The van der Waals surface area contributed by atoms with Gasteiger partial charge in [0.2, 0.25) is 0 Å². The Balaban J connectivity index is 0.00000259. The Labute approximate surface area is 269 Å². The summed E-state index contributed by atoms with van der Waals surface area (Å²) in [7, 11) is 0.0712. The van der Waals surface area contributed by atoms with Crippen LogP contribution in [0.1, 0.15) is 50.8 Å². The first kappa shape index (κ1) is 34.1. The topological polar surface area (TPSA) is 3.24 Å². The average molecular weight is 598 g/mol. The second kappa shape index (κ2) is 17.7. The van der Waals surface area contributed by atoms with Crippen LogP contribution in [-0.2, 0) is 0 Å². The molecular formula is C42H47NS. The third-order valence-electron chi connectivity index (χ3n) is 7.21. The van der Waals surface area contributed by atoms with Crippen molar-refractivity contribution in [3.8, 4) is 22.3 Å². The average Bonchev–Trinajstić information content (AvgIpc) is 3.08. The predicted molar refractivity (Wildman–Crippen MR) is 204 cm³/mol. The zero-order chi connectivity index (χ0) is 31.9. The van der Waals surface area contributed by atoms with Crippen molar-refractivity contribution in [3.63, 3.8) is 0 Å². The van der Waals surface area contributed by atoms with Crippen molar-refractivity contribution in [3.05, 3.63) is 164 Å². The molecule has 0 bridgehead atoms. The van der Waals surface area contributed by atoms with Gasteiger partial charge in [0.05, 0.1) is 5.70 Å². The first-order chi connectivity index (χ1) is 21.5. The molecule has 0 fully saturated rings. The number of benzene rings is 3. The van der Waals surface area contributed by atoms with E-state index in [4.69, 9.17) is 0 Å². The fraction of sp³-hybridized carbons (Fsp3) is 0.167. The summed E-state index contributed by atoms with van der Waals surface area (Å²) in [6, 6.07) is 24.5. The van der Waals surface area contributed by atoms with Crippen molar-refractivity contribution in [2.24, 2.45) is 0 Å². The molecule has 4 rings (SSSR count). The van der Waals surface area contributed by atoms with E-state index in [1.807, 2.05) is 38.2 Å². The molecule has 44 heavy (non-hydrogen) atoms. The van der Waals surface area contributed by atoms with Crippen molar-refractivity contribution < 1.29 is 0 Å². The second-order valence-electron chi connectivity index (χ2n) is 10.0. The van der Waals surface area contributed by atoms with E-state index in [9.17, 15) is 0 Å². The highest BCUT2D eigenvalue weighted by Gasteiger charge is 2.15. The smallest absolute Gasteiger partial charge is 0.0540 e. The lowest BCUT2D eigenvalue weighted by molar-refractivity contribution is 0.719. The zero-order valence-corrected chi connectivity index (χ0v) is 27.9. The van der Waals surface area contributed by atoms with Crippen LogP contribution in [0.25, 0.3) is 39.1 Å². The van der Waals surface area contributed by atoms with Gasteiger partial charge >= 0.3 is 0 Å². The summed E-state index contributed by atoms with van der Waals surface area (Å²) >= 11 is 0. The molecule has 3 aromatic rings. The van der Waals surface area contributed by atoms with Gasteiger partial charge in [0, 0.05) is 6.54 Å². The number of allylic oxidation sites excluding steroid dienone is 11. The van der Waals surface area contributed by atoms with Crippen LogP contribution in [0.3, 0.4) is 0 Å². The lowest BCUT2D eigenvalue weighted by Gasteiger charge is -2.30. The molecule has 0 spiro atoms. The minimum absolute atomic E-state index is 0.0712. The van der Waals surface area contributed by atoms with E-state index >= 15 is 0 Å². The highest BCUT2D eigenvalue weighted by molar-refractivity contribution is 8.12. The summed E-state index contributed by atoms with van der Waals surface area (Å²) in [6.07, 6.45) is 23.7. The molecule has 0 saturated carbocycles. The monoisotopic (exact) mass is 597 g/mol. The summed E-state index contributed by atoms with van der Waals surface area (Å²) in [5.74, 6) is 0. The van der Waals surface area contributed by atoms with Gasteiger partial charge in [-0.25, -0.2) is 0 Å². The van der Waals surface area contributed by atoms with Gasteiger partial charge in [0.15, 0.2) is 0 Å². The van der Waals surface area contributed by atoms with Crippen molar-refractivity contribution in [1.82, 2.24) is 4.31 Å². The summed E-state index contributed by atoms with van der Waals surface area (Å²) in [5, 5.41) is 2.40. The highest BCUT2D eigenvalue weighted by atomic mass is 32.2. The lowest BCUT2D eigenvalue weighted by Crippen LogP contribution is -2.18. The Bertz CT molecular complexity index is 1650. The number of hydrogen-bond donors (Lipinski definition) is 0. The van der Waals surface area contributed by atoms with Crippen LogP contribution >= 0.6 is 10.7 Å². The quantitative estimate of drug-likeness (QED) is 0.157. The molecule has 0 radical (unpaired) electrons. The number of nitrogens with zero attached hydrogens (tertiary/aromatic N) is 1. The molecular weight excluding hydrogens is 551 g/mol.